The second kappa shape index (κ2) is 8.48. The quantitative estimate of drug-likeness (QED) is 0.544. The highest BCUT2D eigenvalue weighted by Crippen LogP contribution is 2.31. The normalized spacial score (nSPS) is 11.1. The molecule has 0 heterocycles. The molecule has 2 aromatic carbocycles. The number of aryl methyl sites for hydroxylation is 2. The van der Waals surface area contributed by atoms with Crippen LogP contribution in [-0.2, 0) is 14.8 Å². The number of nitro groups is 1. The zero-order valence-electron chi connectivity index (χ0n) is 17.0. The van der Waals surface area contributed by atoms with E-state index in [-0.39, 0.29) is 23.0 Å². The summed E-state index contributed by atoms with van der Waals surface area (Å²) in [6, 6.07) is 8.86. The van der Waals surface area contributed by atoms with Gasteiger partial charge in [0.1, 0.15) is 5.69 Å². The van der Waals surface area contributed by atoms with Gasteiger partial charge >= 0.3 is 0 Å². The zero-order chi connectivity index (χ0) is 21.9. The highest BCUT2D eigenvalue weighted by Gasteiger charge is 2.24. The van der Waals surface area contributed by atoms with Gasteiger partial charge in [-0.1, -0.05) is 17.7 Å². The highest BCUT2D eigenvalue weighted by atomic mass is 32.2. The molecule has 0 aliphatic carbocycles. The molecule has 2 rings (SSSR count). The van der Waals surface area contributed by atoms with Gasteiger partial charge in [-0.2, -0.15) is 0 Å². The number of sulfonamides is 1. The number of amides is 1. The van der Waals surface area contributed by atoms with Crippen molar-refractivity contribution in [3.63, 3.8) is 0 Å². The number of nitrogens with zero attached hydrogens (tertiary/aromatic N) is 3. The van der Waals surface area contributed by atoms with Crippen LogP contribution in [0.1, 0.15) is 11.1 Å². The number of carbonyl (C=O) groups is 1. The van der Waals surface area contributed by atoms with Gasteiger partial charge in [-0.3, -0.25) is 19.6 Å². The van der Waals surface area contributed by atoms with Crippen LogP contribution < -0.4 is 9.62 Å². The molecule has 0 saturated carbocycles. The minimum absolute atomic E-state index is 0.0826. The lowest BCUT2D eigenvalue weighted by Crippen LogP contribution is -2.34. The highest BCUT2D eigenvalue weighted by molar-refractivity contribution is 7.92. The van der Waals surface area contributed by atoms with Gasteiger partial charge in [0.15, 0.2) is 0 Å². The molecule has 0 aromatic heterocycles. The number of nitrogens with one attached hydrogen (secondary N) is 1. The first-order valence-electron chi connectivity index (χ1n) is 8.72. The van der Waals surface area contributed by atoms with Crippen LogP contribution in [0.25, 0.3) is 0 Å². The monoisotopic (exact) mass is 420 g/mol. The standard InChI is InChI=1S/C19H24N4O5S/c1-13-6-8-16(14(2)10-13)20-29(27,28)15-7-9-17(18(11-15)23(25)26)22(5)12-19(24)21(3)4/h6-11,20H,12H2,1-5H3. The van der Waals surface area contributed by atoms with Crippen molar-refractivity contribution in [3.8, 4) is 0 Å². The van der Waals surface area contributed by atoms with Crippen LogP contribution in [-0.4, -0.2) is 51.8 Å². The summed E-state index contributed by atoms with van der Waals surface area (Å²) in [4.78, 5) is 25.3. The largest absolute Gasteiger partial charge is 0.360 e. The maximum absolute atomic E-state index is 12.8. The smallest absolute Gasteiger partial charge is 0.293 e. The molecule has 0 fully saturated rings. The van der Waals surface area contributed by atoms with Crippen LogP contribution in [0, 0.1) is 24.0 Å². The number of hydrogen-bond donors (Lipinski definition) is 1. The molecular formula is C19H24N4O5S. The van der Waals surface area contributed by atoms with Gasteiger partial charge in [-0.05, 0) is 37.6 Å². The lowest BCUT2D eigenvalue weighted by Gasteiger charge is -2.21. The summed E-state index contributed by atoms with van der Waals surface area (Å²) in [5.41, 5.74) is 1.87. The lowest BCUT2D eigenvalue weighted by molar-refractivity contribution is -0.384. The zero-order valence-corrected chi connectivity index (χ0v) is 17.8. The van der Waals surface area contributed by atoms with Crippen molar-refractivity contribution in [1.82, 2.24) is 4.90 Å². The van der Waals surface area contributed by atoms with E-state index in [9.17, 15) is 23.3 Å². The molecule has 0 aliphatic rings. The molecule has 2 aromatic rings. The Morgan fingerprint density at radius 3 is 2.31 bits per heavy atom. The van der Waals surface area contributed by atoms with Crippen LogP contribution >= 0.6 is 0 Å². The van der Waals surface area contributed by atoms with Crippen molar-refractivity contribution in [3.05, 3.63) is 57.6 Å². The van der Waals surface area contributed by atoms with E-state index in [1.54, 1.807) is 33.2 Å². The Kier molecular flexibility index (Phi) is 6.48. The van der Waals surface area contributed by atoms with Crippen molar-refractivity contribution >= 4 is 33.0 Å². The molecule has 156 valence electrons. The SMILES string of the molecule is Cc1ccc(NS(=O)(=O)c2ccc(N(C)CC(=O)N(C)C)c([N+](=O)[O-])c2)c(C)c1. The Balaban J connectivity index is 2.40. The number of benzene rings is 2. The Bertz CT molecular complexity index is 1050. The fourth-order valence-corrected chi connectivity index (χ4v) is 3.85. The van der Waals surface area contributed by atoms with Gasteiger partial charge in [0.25, 0.3) is 15.7 Å². The van der Waals surface area contributed by atoms with E-state index in [0.717, 1.165) is 17.2 Å². The molecule has 1 amide bonds. The second-order valence-corrected chi connectivity index (χ2v) is 8.66. The lowest BCUT2D eigenvalue weighted by atomic mass is 10.1. The van der Waals surface area contributed by atoms with Crippen LogP contribution in [0.3, 0.4) is 0 Å². The van der Waals surface area contributed by atoms with Crippen LogP contribution in [0.2, 0.25) is 0 Å². The van der Waals surface area contributed by atoms with Gasteiger partial charge in [0.05, 0.1) is 22.1 Å². The van der Waals surface area contributed by atoms with E-state index >= 15 is 0 Å². The Morgan fingerprint density at radius 2 is 1.76 bits per heavy atom. The molecule has 0 unspecified atom stereocenters. The third-order valence-electron chi connectivity index (χ3n) is 4.36. The van der Waals surface area contributed by atoms with Gasteiger partial charge in [0.2, 0.25) is 5.91 Å². The first kappa shape index (κ1) is 22.2. The minimum Gasteiger partial charge on any atom is -0.360 e. The number of nitro benzene ring substituents is 1. The van der Waals surface area contributed by atoms with Crippen molar-refractivity contribution < 1.29 is 18.1 Å². The third kappa shape index (κ3) is 5.23. The molecule has 0 radical (unpaired) electrons. The minimum atomic E-state index is -4.03. The van der Waals surface area contributed by atoms with E-state index in [2.05, 4.69) is 4.72 Å². The van der Waals surface area contributed by atoms with Crippen molar-refractivity contribution in [1.29, 1.82) is 0 Å². The predicted molar refractivity (Wildman–Crippen MR) is 112 cm³/mol. The average Bonchev–Trinajstić information content (AvgIpc) is 2.63. The first-order valence-corrected chi connectivity index (χ1v) is 10.2. The summed E-state index contributed by atoms with van der Waals surface area (Å²) in [7, 11) is 0.666. The Labute approximate surface area is 170 Å². The summed E-state index contributed by atoms with van der Waals surface area (Å²) in [5, 5.41) is 11.5. The van der Waals surface area contributed by atoms with Gasteiger partial charge in [-0.15, -0.1) is 0 Å². The fraction of sp³-hybridized carbons (Fsp3) is 0.316. The average molecular weight is 420 g/mol. The number of anilines is 2. The van der Waals surface area contributed by atoms with Crippen molar-refractivity contribution in [2.24, 2.45) is 0 Å². The van der Waals surface area contributed by atoms with Gasteiger partial charge in [0, 0.05) is 27.2 Å². The van der Waals surface area contributed by atoms with Gasteiger partial charge < -0.3 is 9.80 Å². The van der Waals surface area contributed by atoms with E-state index in [1.165, 1.54) is 29.0 Å². The summed E-state index contributed by atoms with van der Waals surface area (Å²) >= 11 is 0. The molecule has 0 bridgehead atoms. The molecule has 10 heteroatoms. The Hall–Kier alpha value is -3.14. The molecule has 29 heavy (non-hydrogen) atoms. The molecule has 1 N–H and O–H groups in total. The molecule has 0 spiro atoms. The number of likely N-dealkylation sites (N-methyl/N-ethyl adjacent to an activating group) is 2. The topological polar surface area (TPSA) is 113 Å². The van der Waals surface area contributed by atoms with E-state index in [0.29, 0.717) is 5.69 Å². The first-order chi connectivity index (χ1) is 13.4. The van der Waals surface area contributed by atoms with E-state index < -0.39 is 20.6 Å². The fourth-order valence-electron chi connectivity index (χ4n) is 2.70. The summed E-state index contributed by atoms with van der Waals surface area (Å²) < 4.78 is 28.0. The third-order valence-corrected chi connectivity index (χ3v) is 5.73. The summed E-state index contributed by atoms with van der Waals surface area (Å²) in [6.45, 7) is 3.58. The van der Waals surface area contributed by atoms with Crippen molar-refractivity contribution in [2.45, 2.75) is 18.7 Å². The van der Waals surface area contributed by atoms with Crippen LogP contribution in [0.5, 0.6) is 0 Å². The molecule has 9 nitrogen and oxygen atoms in total. The van der Waals surface area contributed by atoms with Crippen molar-refractivity contribution in [2.75, 3.05) is 37.3 Å². The second-order valence-electron chi connectivity index (χ2n) is 6.98. The summed E-state index contributed by atoms with van der Waals surface area (Å²) in [5.74, 6) is -0.241. The predicted octanol–water partition coefficient (Wildman–Crippen LogP) is 2.54. The van der Waals surface area contributed by atoms with Crippen LogP contribution in [0.15, 0.2) is 41.3 Å². The van der Waals surface area contributed by atoms with E-state index in [1.807, 2.05) is 13.0 Å². The molecule has 0 atom stereocenters. The summed E-state index contributed by atoms with van der Waals surface area (Å²) in [6.07, 6.45) is 0. The van der Waals surface area contributed by atoms with E-state index in [4.69, 9.17) is 0 Å². The molecule has 0 saturated heterocycles. The van der Waals surface area contributed by atoms with Crippen LogP contribution in [0.4, 0.5) is 17.1 Å². The number of carbonyl (C=O) groups excluding carboxylic acids is 1. The van der Waals surface area contributed by atoms with Gasteiger partial charge in [-0.25, -0.2) is 8.42 Å². The Morgan fingerprint density at radius 1 is 1.10 bits per heavy atom. The number of rotatable bonds is 7. The maximum atomic E-state index is 12.8. The maximum Gasteiger partial charge on any atom is 0.293 e. The molecule has 0 aliphatic heterocycles. The number of hydrogen-bond acceptors (Lipinski definition) is 6. The molecular weight excluding hydrogens is 396 g/mol.